The summed E-state index contributed by atoms with van der Waals surface area (Å²) in [4.78, 5) is 20.0. The Balaban J connectivity index is 1.36. The molecule has 5 rings (SSSR count). The van der Waals surface area contributed by atoms with Gasteiger partial charge in [0.2, 0.25) is 5.91 Å². The predicted molar refractivity (Wildman–Crippen MR) is 145 cm³/mol. The molecule has 1 atom stereocenters. The molecule has 0 radical (unpaired) electrons. The number of carbonyl (C=O) groups is 1. The summed E-state index contributed by atoms with van der Waals surface area (Å²) in [5.74, 6) is 2.78. The molecule has 3 aliphatic rings. The number of amides is 1. The molecule has 0 N–H and O–H groups in total. The maximum absolute atomic E-state index is 13.0. The average Bonchev–Trinajstić information content (AvgIpc) is 2.97. The van der Waals surface area contributed by atoms with Crippen LogP contribution < -0.4 is 0 Å². The van der Waals surface area contributed by atoms with Gasteiger partial charge in [-0.15, -0.1) is 0 Å². The van der Waals surface area contributed by atoms with Gasteiger partial charge in [0.05, 0.1) is 5.69 Å². The quantitative estimate of drug-likeness (QED) is 0.402. The van der Waals surface area contributed by atoms with E-state index in [1.54, 1.807) is 0 Å². The molecule has 1 aliphatic carbocycles. The lowest BCUT2D eigenvalue weighted by Gasteiger charge is -2.37. The highest BCUT2D eigenvalue weighted by Crippen LogP contribution is 2.46. The van der Waals surface area contributed by atoms with Crippen LogP contribution in [0.15, 0.2) is 33.3 Å². The predicted octanol–water partition coefficient (Wildman–Crippen LogP) is 6.28. The minimum atomic E-state index is -0.677. The number of benzene rings is 1. The summed E-state index contributed by atoms with van der Waals surface area (Å²) >= 11 is 13.9. The minimum Gasteiger partial charge on any atom is -0.343 e. The number of likely N-dealkylation sites (tertiary alicyclic amines) is 1. The Morgan fingerprint density at radius 2 is 1.76 bits per heavy atom. The summed E-state index contributed by atoms with van der Waals surface area (Å²) in [7, 11) is -0.677. The van der Waals surface area contributed by atoms with Crippen LogP contribution >= 0.6 is 43.5 Å². The van der Waals surface area contributed by atoms with Crippen molar-refractivity contribution in [3.05, 3.63) is 60.7 Å². The molecule has 0 saturated carbocycles. The molecule has 8 heteroatoms. The first-order valence-electron chi connectivity index (χ1n) is 12.1. The molecular formula is C26H29Br2ClN2O2S. The molecule has 0 unspecified atom stereocenters. The van der Waals surface area contributed by atoms with Crippen LogP contribution in [-0.2, 0) is 28.4 Å². The Morgan fingerprint density at radius 1 is 1.06 bits per heavy atom. The molecule has 0 spiro atoms. The van der Waals surface area contributed by atoms with Gasteiger partial charge in [0.15, 0.2) is 0 Å². The molecule has 2 fully saturated rings. The number of hydrogen-bond acceptors (Lipinski definition) is 3. The first-order chi connectivity index (χ1) is 16.4. The number of aryl methyl sites for hydroxylation is 2. The minimum absolute atomic E-state index is 0.192. The van der Waals surface area contributed by atoms with Crippen LogP contribution in [0.2, 0.25) is 5.02 Å². The number of aromatic nitrogens is 1. The Morgan fingerprint density at radius 3 is 2.50 bits per heavy atom. The van der Waals surface area contributed by atoms with Crippen LogP contribution in [0.1, 0.15) is 60.4 Å². The highest BCUT2D eigenvalue weighted by Gasteiger charge is 2.36. The fraction of sp³-hybridized carbons (Fsp3) is 0.538. The lowest BCUT2D eigenvalue weighted by Crippen LogP contribution is -2.41. The van der Waals surface area contributed by atoms with E-state index in [1.807, 2.05) is 12.3 Å². The zero-order chi connectivity index (χ0) is 23.8. The number of nitrogens with zero attached hydrogens (tertiary/aromatic N) is 2. The van der Waals surface area contributed by atoms with Gasteiger partial charge in [0.1, 0.15) is 0 Å². The van der Waals surface area contributed by atoms with E-state index in [0.717, 1.165) is 77.1 Å². The van der Waals surface area contributed by atoms with Gasteiger partial charge in [0, 0.05) is 67.9 Å². The van der Waals surface area contributed by atoms with Gasteiger partial charge < -0.3 is 4.90 Å². The molecule has 1 amide bonds. The number of rotatable bonds is 3. The van der Waals surface area contributed by atoms with Crippen molar-refractivity contribution in [2.24, 2.45) is 11.8 Å². The normalized spacial score (nSPS) is 25.4. The number of hydrogen-bond donors (Lipinski definition) is 0. The van der Waals surface area contributed by atoms with Crippen LogP contribution in [0.3, 0.4) is 0 Å². The second-order valence-corrected chi connectivity index (χ2v) is 13.8. The Labute approximate surface area is 225 Å². The molecule has 34 heavy (non-hydrogen) atoms. The van der Waals surface area contributed by atoms with E-state index in [-0.39, 0.29) is 11.8 Å². The van der Waals surface area contributed by atoms with Crippen LogP contribution in [0, 0.1) is 11.8 Å². The maximum atomic E-state index is 13.0. The largest absolute Gasteiger partial charge is 0.343 e. The molecule has 4 nitrogen and oxygen atoms in total. The topological polar surface area (TPSA) is 50.3 Å². The Bertz CT molecular complexity index is 1110. The average molecular weight is 629 g/mol. The molecular weight excluding hydrogens is 600 g/mol. The maximum Gasteiger partial charge on any atom is 0.222 e. The molecule has 1 aromatic heterocycles. The van der Waals surface area contributed by atoms with Gasteiger partial charge in [-0.25, -0.2) is 0 Å². The van der Waals surface area contributed by atoms with Crippen molar-refractivity contribution in [1.29, 1.82) is 0 Å². The number of halogens is 3. The van der Waals surface area contributed by atoms with Gasteiger partial charge >= 0.3 is 0 Å². The van der Waals surface area contributed by atoms with Crippen molar-refractivity contribution in [2.45, 2.75) is 50.9 Å². The molecule has 182 valence electrons. The second-order valence-electron chi connectivity index (χ2n) is 9.85. The second kappa shape index (κ2) is 10.7. The third-order valence-corrected chi connectivity index (χ3v) is 10.4. The van der Waals surface area contributed by atoms with Crippen LogP contribution in [0.25, 0.3) is 0 Å². The summed E-state index contributed by atoms with van der Waals surface area (Å²) in [6.45, 7) is 1.59. The first-order valence-corrected chi connectivity index (χ1v) is 15.6. The highest BCUT2D eigenvalue weighted by molar-refractivity contribution is 9.10. The summed E-state index contributed by atoms with van der Waals surface area (Å²) in [6.07, 6.45) is 8.19. The Kier molecular flexibility index (Phi) is 7.84. The molecule has 2 aliphatic heterocycles. The number of fused-ring (bicyclic) bond motifs is 2. The van der Waals surface area contributed by atoms with Gasteiger partial charge in [0.25, 0.3) is 0 Å². The van der Waals surface area contributed by atoms with Crippen molar-refractivity contribution in [1.82, 2.24) is 9.88 Å². The zero-order valence-corrected chi connectivity index (χ0v) is 23.8. The van der Waals surface area contributed by atoms with E-state index >= 15 is 0 Å². The smallest absolute Gasteiger partial charge is 0.222 e. The fourth-order valence-corrected chi connectivity index (χ4v) is 8.83. The van der Waals surface area contributed by atoms with E-state index in [1.165, 1.54) is 22.4 Å². The van der Waals surface area contributed by atoms with E-state index in [4.69, 9.17) is 16.6 Å². The van der Waals surface area contributed by atoms with Crippen LogP contribution in [0.5, 0.6) is 0 Å². The van der Waals surface area contributed by atoms with Gasteiger partial charge in [-0.3, -0.25) is 14.0 Å². The lowest BCUT2D eigenvalue weighted by atomic mass is 9.76. The summed E-state index contributed by atoms with van der Waals surface area (Å²) in [5, 5.41) is 0.761. The molecule has 0 bridgehead atoms. The lowest BCUT2D eigenvalue weighted by molar-refractivity contribution is -0.133. The Hall–Kier alpha value is -0.760. The fourth-order valence-electron chi connectivity index (χ4n) is 5.94. The van der Waals surface area contributed by atoms with Gasteiger partial charge in [-0.05, 0) is 101 Å². The standard InChI is InChI=1S/C26H29Br2ClN2O2S/c27-20-12-19-2-1-18-13-21(29)14-22(28)24(18)25(26(19)30-15-20)17-3-7-31(8-4-17)23(32)11-16-5-9-34(33)10-6-16/h12-17,25H,1-11H2/t16?,25-,34?/m1/s1. The van der Waals surface area contributed by atoms with Crippen LogP contribution in [-0.4, -0.2) is 44.6 Å². The summed E-state index contributed by atoms with van der Waals surface area (Å²) in [6, 6.07) is 6.34. The number of pyridine rings is 1. The van der Waals surface area contributed by atoms with E-state index in [2.05, 4.69) is 48.9 Å². The summed E-state index contributed by atoms with van der Waals surface area (Å²) < 4.78 is 13.7. The molecule has 1 aromatic carbocycles. The zero-order valence-electron chi connectivity index (χ0n) is 19.1. The van der Waals surface area contributed by atoms with Gasteiger partial charge in [-0.2, -0.15) is 0 Å². The molecule has 2 saturated heterocycles. The molecule has 2 aromatic rings. The number of carbonyl (C=O) groups excluding carboxylic acids is 1. The van der Waals surface area contributed by atoms with Crippen molar-refractivity contribution >= 4 is 60.2 Å². The van der Waals surface area contributed by atoms with Crippen LogP contribution in [0.4, 0.5) is 0 Å². The highest BCUT2D eigenvalue weighted by atomic mass is 79.9. The number of piperidine rings is 1. The van der Waals surface area contributed by atoms with E-state index in [9.17, 15) is 9.00 Å². The van der Waals surface area contributed by atoms with Crippen molar-refractivity contribution < 1.29 is 9.00 Å². The monoisotopic (exact) mass is 626 g/mol. The van der Waals surface area contributed by atoms with Crippen molar-refractivity contribution in [3.63, 3.8) is 0 Å². The van der Waals surface area contributed by atoms with E-state index in [0.29, 0.717) is 18.3 Å². The van der Waals surface area contributed by atoms with E-state index < -0.39 is 10.8 Å². The third-order valence-electron chi connectivity index (χ3n) is 7.75. The SMILES string of the molecule is O=C(CC1CCS(=O)CC1)N1CCC([C@H]2c3ncc(Br)cc3CCc3cc(Cl)cc(Br)c32)CC1. The van der Waals surface area contributed by atoms with Gasteiger partial charge in [-0.1, -0.05) is 27.5 Å². The molecule has 3 heterocycles. The van der Waals surface area contributed by atoms with Crippen molar-refractivity contribution in [3.8, 4) is 0 Å². The summed E-state index contributed by atoms with van der Waals surface area (Å²) in [5.41, 5.74) is 5.08. The first kappa shape index (κ1) is 24.9. The third kappa shape index (κ3) is 5.33. The van der Waals surface area contributed by atoms with Crippen molar-refractivity contribution in [2.75, 3.05) is 24.6 Å².